The van der Waals surface area contributed by atoms with E-state index in [0.717, 1.165) is 28.1 Å². The highest BCUT2D eigenvalue weighted by Crippen LogP contribution is 2.31. The Hall–Kier alpha value is -2.81. The van der Waals surface area contributed by atoms with Gasteiger partial charge in [-0.15, -0.1) is 0 Å². The summed E-state index contributed by atoms with van der Waals surface area (Å²) in [5.74, 6) is -1.07. The van der Waals surface area contributed by atoms with Gasteiger partial charge in [-0.05, 0) is 49.2 Å². The van der Waals surface area contributed by atoms with Crippen LogP contribution in [0.15, 0.2) is 36.4 Å². The van der Waals surface area contributed by atoms with Gasteiger partial charge in [0.05, 0.1) is 33.4 Å². The lowest BCUT2D eigenvalue weighted by Gasteiger charge is -2.08. The molecule has 0 fully saturated rings. The second-order valence-corrected chi connectivity index (χ2v) is 6.94. The number of nitrogens with zero attached hydrogens (tertiary/aromatic N) is 3. The molecule has 0 atom stereocenters. The van der Waals surface area contributed by atoms with E-state index in [2.05, 4.69) is 5.10 Å². The monoisotopic (exact) mass is 399 g/mol. The Labute approximate surface area is 166 Å². The molecule has 0 unspecified atom stereocenters. The van der Waals surface area contributed by atoms with Gasteiger partial charge in [0.1, 0.15) is 6.07 Å². The van der Waals surface area contributed by atoms with E-state index in [0.29, 0.717) is 17.1 Å². The molecule has 0 radical (unpaired) electrons. The van der Waals surface area contributed by atoms with Gasteiger partial charge in [-0.25, -0.2) is 4.79 Å². The van der Waals surface area contributed by atoms with Crippen molar-refractivity contribution >= 4 is 29.2 Å². The number of carboxylic acids is 1. The van der Waals surface area contributed by atoms with Crippen molar-refractivity contribution in [3.05, 3.63) is 74.5 Å². The molecule has 3 rings (SSSR count). The van der Waals surface area contributed by atoms with Crippen LogP contribution in [0.4, 0.5) is 0 Å². The first-order valence-electron chi connectivity index (χ1n) is 8.07. The van der Waals surface area contributed by atoms with Gasteiger partial charge in [-0.3, -0.25) is 4.68 Å². The summed E-state index contributed by atoms with van der Waals surface area (Å²) < 4.78 is 1.81. The number of rotatable bonds is 4. The molecule has 0 aliphatic rings. The molecule has 5 nitrogen and oxygen atoms in total. The van der Waals surface area contributed by atoms with Crippen molar-refractivity contribution in [3.63, 3.8) is 0 Å². The highest BCUT2D eigenvalue weighted by atomic mass is 35.5. The van der Waals surface area contributed by atoms with E-state index >= 15 is 0 Å². The van der Waals surface area contributed by atoms with Crippen molar-refractivity contribution in [3.8, 4) is 17.2 Å². The number of halogens is 2. The largest absolute Gasteiger partial charge is 0.478 e. The van der Waals surface area contributed by atoms with Crippen LogP contribution in [-0.4, -0.2) is 20.9 Å². The van der Waals surface area contributed by atoms with Crippen molar-refractivity contribution in [2.75, 3.05) is 0 Å². The molecule has 27 heavy (non-hydrogen) atoms. The van der Waals surface area contributed by atoms with Crippen LogP contribution in [0.3, 0.4) is 0 Å². The van der Waals surface area contributed by atoms with Crippen LogP contribution in [0, 0.1) is 25.2 Å². The molecule has 0 amide bonds. The number of nitriles is 1. The second-order valence-electron chi connectivity index (χ2n) is 6.13. The van der Waals surface area contributed by atoms with Gasteiger partial charge in [0.2, 0.25) is 0 Å². The minimum Gasteiger partial charge on any atom is -0.478 e. The molecular weight excluding hydrogens is 385 g/mol. The van der Waals surface area contributed by atoms with Gasteiger partial charge in [-0.1, -0.05) is 35.3 Å². The lowest BCUT2D eigenvalue weighted by atomic mass is 10.0. The summed E-state index contributed by atoms with van der Waals surface area (Å²) in [5, 5.41) is 23.4. The maximum absolute atomic E-state index is 11.3. The predicted octanol–water partition coefficient (Wildman–Crippen LogP) is 5.09. The molecule has 1 N–H and O–H groups in total. The third-order valence-electron chi connectivity index (χ3n) is 4.35. The number of aromatic carboxylic acids is 1. The molecule has 0 saturated carbocycles. The maximum Gasteiger partial charge on any atom is 0.337 e. The topological polar surface area (TPSA) is 78.9 Å². The number of carbonyl (C=O) groups is 1. The summed E-state index contributed by atoms with van der Waals surface area (Å²) in [5.41, 5.74) is 4.82. The highest BCUT2D eigenvalue weighted by Gasteiger charge is 2.16. The molecule has 0 aliphatic carbocycles. The average Bonchev–Trinajstić information content (AvgIpc) is 2.89. The average molecular weight is 400 g/mol. The van der Waals surface area contributed by atoms with Crippen molar-refractivity contribution in [2.24, 2.45) is 0 Å². The van der Waals surface area contributed by atoms with Crippen LogP contribution in [0.5, 0.6) is 0 Å². The standard InChI is InChI=1S/C20H15Cl2N3O2/c1-11-19(14-4-5-15(9-23)18(22)8-14)12(2)25(24-11)10-13-3-6-17(21)16(7-13)20(26)27/h3-8H,10H2,1-2H3,(H,26,27). The lowest BCUT2D eigenvalue weighted by molar-refractivity contribution is 0.0697. The van der Waals surface area contributed by atoms with E-state index in [4.69, 9.17) is 28.5 Å². The van der Waals surface area contributed by atoms with Crippen LogP contribution >= 0.6 is 23.2 Å². The van der Waals surface area contributed by atoms with Crippen LogP contribution < -0.4 is 0 Å². The zero-order valence-electron chi connectivity index (χ0n) is 14.6. The Morgan fingerprint density at radius 3 is 2.56 bits per heavy atom. The SMILES string of the molecule is Cc1nn(Cc2ccc(Cl)c(C(=O)O)c2)c(C)c1-c1ccc(C#N)c(Cl)c1. The molecular formula is C20H15Cl2N3O2. The molecule has 0 spiro atoms. The normalized spacial score (nSPS) is 10.6. The molecule has 0 aliphatic heterocycles. The van der Waals surface area contributed by atoms with E-state index in [-0.39, 0.29) is 10.6 Å². The number of benzene rings is 2. The smallest absolute Gasteiger partial charge is 0.337 e. The van der Waals surface area contributed by atoms with E-state index < -0.39 is 5.97 Å². The van der Waals surface area contributed by atoms with E-state index in [1.807, 2.05) is 30.7 Å². The molecule has 2 aromatic carbocycles. The highest BCUT2D eigenvalue weighted by molar-refractivity contribution is 6.33. The number of hydrogen-bond donors (Lipinski definition) is 1. The summed E-state index contributed by atoms with van der Waals surface area (Å²) in [6.07, 6.45) is 0. The van der Waals surface area contributed by atoms with E-state index in [1.165, 1.54) is 0 Å². The fourth-order valence-electron chi connectivity index (χ4n) is 3.04. The minimum atomic E-state index is -1.07. The first-order chi connectivity index (χ1) is 12.8. The number of aryl methyl sites for hydroxylation is 1. The van der Waals surface area contributed by atoms with Gasteiger partial charge in [0.25, 0.3) is 0 Å². The van der Waals surface area contributed by atoms with Crippen molar-refractivity contribution in [2.45, 2.75) is 20.4 Å². The minimum absolute atomic E-state index is 0.0646. The molecule has 3 aromatic rings. The predicted molar refractivity (Wildman–Crippen MR) is 104 cm³/mol. The molecule has 0 saturated heterocycles. The second kappa shape index (κ2) is 7.43. The van der Waals surface area contributed by atoms with Crippen LogP contribution in [-0.2, 0) is 6.54 Å². The first-order valence-corrected chi connectivity index (χ1v) is 8.83. The Kier molecular flexibility index (Phi) is 5.22. The Bertz CT molecular complexity index is 1100. The van der Waals surface area contributed by atoms with Crippen molar-refractivity contribution < 1.29 is 9.90 Å². The van der Waals surface area contributed by atoms with Crippen LogP contribution in [0.25, 0.3) is 11.1 Å². The molecule has 1 aromatic heterocycles. The first kappa shape index (κ1) is 19.0. The van der Waals surface area contributed by atoms with Crippen LogP contribution in [0.1, 0.15) is 32.9 Å². The summed E-state index contributed by atoms with van der Waals surface area (Å²) in [4.78, 5) is 11.3. The molecule has 0 bridgehead atoms. The summed E-state index contributed by atoms with van der Waals surface area (Å²) in [6.45, 7) is 4.25. The van der Waals surface area contributed by atoms with Crippen LogP contribution in [0.2, 0.25) is 10.0 Å². The zero-order chi connectivity index (χ0) is 19.7. The summed E-state index contributed by atoms with van der Waals surface area (Å²) >= 11 is 12.1. The molecule has 1 heterocycles. The molecule has 136 valence electrons. The van der Waals surface area contributed by atoms with Gasteiger partial charge in [0.15, 0.2) is 0 Å². The quantitative estimate of drug-likeness (QED) is 0.662. The van der Waals surface area contributed by atoms with Gasteiger partial charge in [0, 0.05) is 11.3 Å². The number of hydrogen-bond acceptors (Lipinski definition) is 3. The lowest BCUT2D eigenvalue weighted by Crippen LogP contribution is -2.06. The van der Waals surface area contributed by atoms with E-state index in [1.54, 1.807) is 30.3 Å². The third-order valence-corrected chi connectivity index (χ3v) is 5.00. The summed E-state index contributed by atoms with van der Waals surface area (Å²) in [6, 6.07) is 12.2. The van der Waals surface area contributed by atoms with Gasteiger partial charge in [-0.2, -0.15) is 10.4 Å². The zero-order valence-corrected chi connectivity index (χ0v) is 16.1. The molecule has 7 heteroatoms. The van der Waals surface area contributed by atoms with Gasteiger partial charge >= 0.3 is 5.97 Å². The fraction of sp³-hybridized carbons (Fsp3) is 0.150. The fourth-order valence-corrected chi connectivity index (χ4v) is 3.46. The Morgan fingerprint density at radius 2 is 1.93 bits per heavy atom. The Morgan fingerprint density at radius 1 is 1.19 bits per heavy atom. The Balaban J connectivity index is 2.00. The third kappa shape index (κ3) is 3.68. The number of aromatic nitrogens is 2. The van der Waals surface area contributed by atoms with Crippen molar-refractivity contribution in [1.82, 2.24) is 9.78 Å². The van der Waals surface area contributed by atoms with E-state index in [9.17, 15) is 9.90 Å². The number of carboxylic acid groups (broad SMARTS) is 1. The summed E-state index contributed by atoms with van der Waals surface area (Å²) in [7, 11) is 0. The maximum atomic E-state index is 11.3. The van der Waals surface area contributed by atoms with Crippen molar-refractivity contribution in [1.29, 1.82) is 5.26 Å². The van der Waals surface area contributed by atoms with Gasteiger partial charge < -0.3 is 5.11 Å².